The van der Waals surface area contributed by atoms with Crippen LogP contribution in [0, 0.1) is 5.92 Å². The van der Waals surface area contributed by atoms with Gasteiger partial charge in [-0.15, -0.1) is 0 Å². The number of carbonyl (C=O) groups excluding carboxylic acids is 1. The van der Waals surface area contributed by atoms with E-state index in [4.69, 9.17) is 4.74 Å². The summed E-state index contributed by atoms with van der Waals surface area (Å²) in [6.45, 7) is 7.92. The van der Waals surface area contributed by atoms with Crippen LogP contribution in [0.25, 0.3) is 0 Å². The topological polar surface area (TPSA) is 65.0 Å². The summed E-state index contributed by atoms with van der Waals surface area (Å²) < 4.78 is 5.73. The Morgan fingerprint density at radius 3 is 2.32 bits per heavy atom. The second kappa shape index (κ2) is 11.0. The fourth-order valence-corrected chi connectivity index (χ4v) is 3.72. The lowest BCUT2D eigenvalue weighted by Crippen LogP contribution is -2.49. The van der Waals surface area contributed by atoms with Crippen molar-refractivity contribution in [2.45, 2.75) is 45.8 Å². The number of hydrogen-bond acceptors (Lipinski definition) is 4. The van der Waals surface area contributed by atoms with Crippen molar-refractivity contribution in [3.05, 3.63) is 59.7 Å². The lowest BCUT2D eigenvalue weighted by Gasteiger charge is -2.37. The maximum atomic E-state index is 13.1. The molecule has 0 aliphatic carbocycles. The molecule has 0 spiro atoms. The van der Waals surface area contributed by atoms with Crippen LogP contribution in [-0.2, 0) is 13.1 Å². The van der Waals surface area contributed by atoms with E-state index in [1.165, 1.54) is 0 Å². The quantitative estimate of drug-likeness (QED) is 0.664. The Labute approximate surface area is 185 Å². The van der Waals surface area contributed by atoms with Gasteiger partial charge in [-0.1, -0.05) is 38.1 Å². The van der Waals surface area contributed by atoms with Crippen molar-refractivity contribution in [2.24, 2.45) is 5.92 Å². The molecule has 6 heteroatoms. The fourth-order valence-electron chi connectivity index (χ4n) is 3.72. The van der Waals surface area contributed by atoms with Crippen molar-refractivity contribution in [1.82, 2.24) is 15.1 Å². The summed E-state index contributed by atoms with van der Waals surface area (Å²) in [6.07, 6.45) is 1.92. The van der Waals surface area contributed by atoms with Crippen LogP contribution in [0.3, 0.4) is 0 Å². The first-order valence-electron chi connectivity index (χ1n) is 11.1. The highest BCUT2D eigenvalue weighted by atomic mass is 16.5. The molecule has 3 rings (SSSR count). The molecule has 1 fully saturated rings. The van der Waals surface area contributed by atoms with E-state index in [1.807, 2.05) is 41.3 Å². The number of nitrogens with one attached hydrogen (secondary N) is 1. The average molecular weight is 426 g/mol. The molecule has 2 aromatic rings. The average Bonchev–Trinajstić information content (AvgIpc) is 2.77. The van der Waals surface area contributed by atoms with Crippen LogP contribution in [0.15, 0.2) is 48.5 Å². The van der Waals surface area contributed by atoms with Gasteiger partial charge in [0.05, 0.1) is 6.61 Å². The third kappa shape index (κ3) is 7.17. The van der Waals surface area contributed by atoms with Gasteiger partial charge in [0.15, 0.2) is 0 Å². The largest absolute Gasteiger partial charge is 0.508 e. The van der Waals surface area contributed by atoms with Crippen molar-refractivity contribution in [2.75, 3.05) is 26.7 Å². The predicted molar refractivity (Wildman–Crippen MR) is 123 cm³/mol. The molecular formula is C25H35N3O3. The summed E-state index contributed by atoms with van der Waals surface area (Å²) in [6, 6.07) is 15.1. The molecule has 1 aliphatic heterocycles. The maximum absolute atomic E-state index is 13.1. The molecule has 31 heavy (non-hydrogen) atoms. The SMILES string of the molecule is CC(C)COc1ccc(CNC(=O)N(Cc2ccc(O)cc2)C2CCN(C)CC2)cc1. The molecule has 2 amide bonds. The summed E-state index contributed by atoms with van der Waals surface area (Å²) in [7, 11) is 2.12. The number of carbonyl (C=O) groups is 1. The minimum absolute atomic E-state index is 0.0530. The fraction of sp³-hybridized carbons (Fsp3) is 0.480. The van der Waals surface area contributed by atoms with E-state index in [0.717, 1.165) is 42.8 Å². The van der Waals surface area contributed by atoms with Crippen molar-refractivity contribution >= 4 is 6.03 Å². The smallest absolute Gasteiger partial charge is 0.318 e. The summed E-state index contributed by atoms with van der Waals surface area (Å²) in [5.74, 6) is 1.57. The van der Waals surface area contributed by atoms with Gasteiger partial charge in [-0.05, 0) is 74.3 Å². The number of phenols is 1. The Morgan fingerprint density at radius 2 is 1.71 bits per heavy atom. The van der Waals surface area contributed by atoms with Crippen molar-refractivity contribution < 1.29 is 14.6 Å². The van der Waals surface area contributed by atoms with Crippen molar-refractivity contribution in [1.29, 1.82) is 0 Å². The van der Waals surface area contributed by atoms with Crippen LogP contribution in [0.4, 0.5) is 4.79 Å². The van der Waals surface area contributed by atoms with E-state index < -0.39 is 0 Å². The van der Waals surface area contributed by atoms with Crippen LogP contribution in [0.1, 0.15) is 37.8 Å². The summed E-state index contributed by atoms with van der Waals surface area (Å²) in [5, 5.41) is 12.7. The molecule has 0 saturated carbocycles. The molecule has 0 atom stereocenters. The van der Waals surface area contributed by atoms with Crippen molar-refractivity contribution in [3.8, 4) is 11.5 Å². The van der Waals surface area contributed by atoms with Gasteiger partial charge in [-0.3, -0.25) is 0 Å². The first kappa shape index (κ1) is 22.9. The highest BCUT2D eigenvalue weighted by Crippen LogP contribution is 2.20. The minimum Gasteiger partial charge on any atom is -0.508 e. The molecule has 2 N–H and O–H groups in total. The molecule has 0 radical (unpaired) electrons. The van der Waals surface area contributed by atoms with Crippen molar-refractivity contribution in [3.63, 3.8) is 0 Å². The second-order valence-electron chi connectivity index (χ2n) is 8.84. The summed E-state index contributed by atoms with van der Waals surface area (Å²) in [4.78, 5) is 17.4. The molecule has 0 bridgehead atoms. The number of benzene rings is 2. The van der Waals surface area contributed by atoms with E-state index in [2.05, 4.69) is 31.1 Å². The first-order valence-corrected chi connectivity index (χ1v) is 11.1. The number of urea groups is 1. The zero-order chi connectivity index (χ0) is 22.2. The minimum atomic E-state index is -0.0530. The van der Waals surface area contributed by atoms with Gasteiger partial charge in [-0.2, -0.15) is 0 Å². The second-order valence-corrected chi connectivity index (χ2v) is 8.84. The van der Waals surface area contributed by atoms with E-state index >= 15 is 0 Å². The number of aromatic hydroxyl groups is 1. The maximum Gasteiger partial charge on any atom is 0.318 e. The van der Waals surface area contributed by atoms with Crippen LogP contribution in [0.2, 0.25) is 0 Å². The number of ether oxygens (including phenoxy) is 1. The normalized spacial score (nSPS) is 15.1. The van der Waals surface area contributed by atoms with Crippen LogP contribution < -0.4 is 10.1 Å². The molecular weight excluding hydrogens is 390 g/mol. The Kier molecular flexibility index (Phi) is 8.18. The van der Waals surface area contributed by atoms with Gasteiger partial charge < -0.3 is 25.0 Å². The van der Waals surface area contributed by atoms with Crippen LogP contribution in [0.5, 0.6) is 11.5 Å². The monoisotopic (exact) mass is 425 g/mol. The lowest BCUT2D eigenvalue weighted by atomic mass is 10.0. The first-order chi connectivity index (χ1) is 14.9. The standard InChI is InChI=1S/C25H35N3O3/c1-19(2)18-31-24-10-6-20(7-11-24)16-26-25(30)28(22-12-14-27(3)15-13-22)17-21-4-8-23(29)9-5-21/h4-11,19,22,29H,12-18H2,1-3H3,(H,26,30). The summed E-state index contributed by atoms with van der Waals surface area (Å²) >= 11 is 0. The molecule has 168 valence electrons. The highest BCUT2D eigenvalue weighted by molar-refractivity contribution is 5.74. The van der Waals surface area contributed by atoms with Gasteiger partial charge in [0.25, 0.3) is 0 Å². The van der Waals surface area contributed by atoms with Gasteiger partial charge >= 0.3 is 6.03 Å². The number of likely N-dealkylation sites (tertiary alicyclic amines) is 1. The van der Waals surface area contributed by atoms with Gasteiger partial charge in [0, 0.05) is 19.1 Å². The van der Waals surface area contributed by atoms with Crippen LogP contribution in [-0.4, -0.2) is 53.7 Å². The Balaban J connectivity index is 1.61. The molecule has 1 heterocycles. The summed E-state index contributed by atoms with van der Waals surface area (Å²) in [5.41, 5.74) is 2.05. The van der Waals surface area contributed by atoms with E-state index in [9.17, 15) is 9.90 Å². The Hall–Kier alpha value is -2.73. The number of phenolic OH excluding ortho intramolecular Hbond substituents is 1. The Morgan fingerprint density at radius 1 is 1.10 bits per heavy atom. The van der Waals surface area contributed by atoms with E-state index in [0.29, 0.717) is 25.6 Å². The Bertz CT molecular complexity index is 813. The number of rotatable bonds is 8. The number of hydrogen-bond donors (Lipinski definition) is 2. The third-order valence-electron chi connectivity index (χ3n) is 5.63. The number of amides is 2. The molecule has 0 unspecified atom stereocenters. The van der Waals surface area contributed by atoms with Crippen LogP contribution >= 0.6 is 0 Å². The lowest BCUT2D eigenvalue weighted by molar-refractivity contribution is 0.127. The van der Waals surface area contributed by atoms with Gasteiger partial charge in [0.2, 0.25) is 0 Å². The number of piperidine rings is 1. The molecule has 1 saturated heterocycles. The zero-order valence-electron chi connectivity index (χ0n) is 18.9. The van der Waals surface area contributed by atoms with E-state index in [-0.39, 0.29) is 17.8 Å². The van der Waals surface area contributed by atoms with Gasteiger partial charge in [-0.25, -0.2) is 4.79 Å². The molecule has 2 aromatic carbocycles. The molecule has 1 aliphatic rings. The predicted octanol–water partition coefficient (Wildman–Crippen LogP) is 4.23. The van der Waals surface area contributed by atoms with E-state index in [1.54, 1.807) is 12.1 Å². The molecule has 6 nitrogen and oxygen atoms in total. The molecule has 0 aromatic heterocycles. The third-order valence-corrected chi connectivity index (χ3v) is 5.63. The van der Waals surface area contributed by atoms with Gasteiger partial charge in [0.1, 0.15) is 11.5 Å². The number of nitrogens with zero attached hydrogens (tertiary/aromatic N) is 2. The highest BCUT2D eigenvalue weighted by Gasteiger charge is 2.27. The zero-order valence-corrected chi connectivity index (χ0v) is 18.9.